The van der Waals surface area contributed by atoms with Gasteiger partial charge < -0.3 is 9.88 Å². The first-order valence-electron chi connectivity index (χ1n) is 9.44. The van der Waals surface area contributed by atoms with Gasteiger partial charge in [0.05, 0.1) is 0 Å². The van der Waals surface area contributed by atoms with Crippen LogP contribution < -0.4 is 10.9 Å². The quantitative estimate of drug-likeness (QED) is 0.778. The molecule has 0 bridgehead atoms. The zero-order valence-corrected chi connectivity index (χ0v) is 18.0. The van der Waals surface area contributed by atoms with Gasteiger partial charge in [0.15, 0.2) is 0 Å². The number of hydrogen-bond donors (Lipinski definition) is 1. The molecular weight excluding hydrogens is 414 g/mol. The van der Waals surface area contributed by atoms with E-state index in [9.17, 15) is 18.0 Å². The van der Waals surface area contributed by atoms with Crippen molar-refractivity contribution in [2.24, 2.45) is 5.92 Å². The number of hydrogen-bond acceptors (Lipinski definition) is 4. The Bertz CT molecular complexity index is 1070. The molecule has 2 aromatic rings. The van der Waals surface area contributed by atoms with Crippen molar-refractivity contribution in [3.8, 4) is 0 Å². The van der Waals surface area contributed by atoms with Crippen LogP contribution >= 0.6 is 11.6 Å². The van der Waals surface area contributed by atoms with Gasteiger partial charge in [-0.25, -0.2) is 8.42 Å². The van der Waals surface area contributed by atoms with E-state index in [1.54, 1.807) is 25.1 Å². The van der Waals surface area contributed by atoms with Crippen LogP contribution in [-0.4, -0.2) is 36.3 Å². The predicted octanol–water partition coefficient (Wildman–Crippen LogP) is 2.87. The molecule has 0 saturated carbocycles. The fraction of sp³-hybridized carbons (Fsp3) is 0.400. The van der Waals surface area contributed by atoms with Crippen molar-refractivity contribution in [1.82, 2.24) is 8.87 Å². The summed E-state index contributed by atoms with van der Waals surface area (Å²) in [5.41, 5.74) is 0.552. The van der Waals surface area contributed by atoms with Crippen molar-refractivity contribution in [3.05, 3.63) is 57.5 Å². The van der Waals surface area contributed by atoms with Crippen molar-refractivity contribution in [1.29, 1.82) is 0 Å². The van der Waals surface area contributed by atoms with Crippen LogP contribution in [0.5, 0.6) is 0 Å². The first-order chi connectivity index (χ1) is 13.7. The molecular formula is C20H24ClN3O4S. The average Bonchev–Trinajstić information content (AvgIpc) is 2.67. The molecule has 0 spiro atoms. The second kappa shape index (κ2) is 8.69. The van der Waals surface area contributed by atoms with E-state index in [0.717, 1.165) is 17.4 Å². The second-order valence-electron chi connectivity index (χ2n) is 7.35. The average molecular weight is 438 g/mol. The number of rotatable bonds is 5. The number of anilines is 1. The van der Waals surface area contributed by atoms with E-state index in [2.05, 4.69) is 12.2 Å². The molecule has 1 amide bonds. The van der Waals surface area contributed by atoms with Gasteiger partial charge in [-0.15, -0.1) is 0 Å². The molecule has 1 aromatic carbocycles. The Morgan fingerprint density at radius 3 is 2.59 bits per heavy atom. The monoisotopic (exact) mass is 437 g/mol. The number of pyridine rings is 1. The first-order valence-corrected chi connectivity index (χ1v) is 11.3. The van der Waals surface area contributed by atoms with E-state index in [-0.39, 0.29) is 11.4 Å². The molecule has 1 aromatic heterocycles. The lowest BCUT2D eigenvalue weighted by Gasteiger charge is -2.29. The highest BCUT2D eigenvalue weighted by Gasteiger charge is 2.30. The van der Waals surface area contributed by atoms with Crippen molar-refractivity contribution >= 4 is 33.2 Å². The van der Waals surface area contributed by atoms with Crippen LogP contribution in [0.2, 0.25) is 5.02 Å². The van der Waals surface area contributed by atoms with Crippen LogP contribution in [0.4, 0.5) is 5.69 Å². The number of amides is 1. The molecule has 0 aliphatic carbocycles. The molecule has 9 heteroatoms. The third-order valence-corrected chi connectivity index (χ3v) is 7.52. The van der Waals surface area contributed by atoms with Crippen LogP contribution in [0.1, 0.15) is 25.3 Å². The van der Waals surface area contributed by atoms with E-state index in [4.69, 9.17) is 11.6 Å². The number of carbonyl (C=O) groups excluding carboxylic acids is 1. The lowest BCUT2D eigenvalue weighted by atomic mass is 10.0. The number of aromatic nitrogens is 1. The van der Waals surface area contributed by atoms with Gasteiger partial charge >= 0.3 is 0 Å². The maximum absolute atomic E-state index is 12.9. The van der Waals surface area contributed by atoms with Crippen LogP contribution in [0, 0.1) is 12.8 Å². The van der Waals surface area contributed by atoms with Gasteiger partial charge in [-0.05, 0) is 55.5 Å². The fourth-order valence-electron chi connectivity index (χ4n) is 3.29. The topological polar surface area (TPSA) is 88.5 Å². The minimum Gasteiger partial charge on any atom is -0.324 e. The summed E-state index contributed by atoms with van der Waals surface area (Å²) in [4.78, 5) is 24.9. The highest BCUT2D eigenvalue weighted by atomic mass is 35.5. The Kier molecular flexibility index (Phi) is 6.45. The lowest BCUT2D eigenvalue weighted by molar-refractivity contribution is -0.116. The number of nitrogens with one attached hydrogen (secondary N) is 1. The highest BCUT2D eigenvalue weighted by molar-refractivity contribution is 7.89. The Labute approximate surface area is 175 Å². The Morgan fingerprint density at radius 2 is 1.90 bits per heavy atom. The van der Waals surface area contributed by atoms with Crippen molar-refractivity contribution in [2.45, 2.75) is 38.1 Å². The molecule has 0 atom stereocenters. The SMILES string of the molecule is Cc1c(Cl)cccc1NC(=O)Cn1cccc(S(=O)(=O)N2CCC(C)CC2)c1=O. The Balaban J connectivity index is 1.81. The summed E-state index contributed by atoms with van der Waals surface area (Å²) >= 11 is 6.06. The van der Waals surface area contributed by atoms with E-state index >= 15 is 0 Å². The highest BCUT2D eigenvalue weighted by Crippen LogP contribution is 2.23. The molecule has 1 aliphatic heterocycles. The minimum absolute atomic E-state index is 0.300. The number of piperidine rings is 1. The van der Waals surface area contributed by atoms with Gasteiger partial charge in [0.25, 0.3) is 5.56 Å². The maximum Gasteiger partial charge on any atom is 0.271 e. The largest absolute Gasteiger partial charge is 0.324 e. The fourth-order valence-corrected chi connectivity index (χ4v) is 5.02. The van der Waals surface area contributed by atoms with E-state index in [1.807, 2.05) is 0 Å². The number of carbonyl (C=O) groups is 1. The summed E-state index contributed by atoms with van der Waals surface area (Å²) in [5.74, 6) is 0.0198. The number of benzene rings is 1. The smallest absolute Gasteiger partial charge is 0.271 e. The molecule has 1 aliphatic rings. The predicted molar refractivity (Wildman–Crippen MR) is 113 cm³/mol. The normalized spacial score (nSPS) is 16.0. The second-order valence-corrected chi connectivity index (χ2v) is 9.67. The lowest BCUT2D eigenvalue weighted by Crippen LogP contribution is -2.41. The van der Waals surface area contributed by atoms with Gasteiger partial charge in [-0.3, -0.25) is 9.59 Å². The van der Waals surface area contributed by atoms with Crippen LogP contribution in [-0.2, 0) is 21.4 Å². The zero-order chi connectivity index (χ0) is 21.2. The third kappa shape index (κ3) is 4.71. The standard InChI is InChI=1S/C20H24ClN3O4S/c1-14-8-11-24(12-9-14)29(27,28)18-7-4-10-23(20(18)26)13-19(25)22-17-6-3-5-16(21)15(17)2/h3-7,10,14H,8-9,11-13H2,1-2H3,(H,22,25). The maximum atomic E-state index is 12.9. The van der Waals surface area contributed by atoms with Gasteiger partial charge in [0, 0.05) is 30.0 Å². The van der Waals surface area contributed by atoms with Crippen LogP contribution in [0.15, 0.2) is 46.2 Å². The summed E-state index contributed by atoms with van der Waals surface area (Å²) in [5, 5.41) is 3.23. The summed E-state index contributed by atoms with van der Waals surface area (Å²) in [7, 11) is -3.89. The van der Waals surface area contributed by atoms with Gasteiger partial charge in [-0.2, -0.15) is 4.31 Å². The Morgan fingerprint density at radius 1 is 1.21 bits per heavy atom. The molecule has 0 unspecified atom stereocenters. The third-order valence-electron chi connectivity index (χ3n) is 5.20. The molecule has 29 heavy (non-hydrogen) atoms. The van der Waals surface area contributed by atoms with E-state index in [0.29, 0.717) is 35.3 Å². The zero-order valence-electron chi connectivity index (χ0n) is 16.4. The van der Waals surface area contributed by atoms with Crippen LogP contribution in [0.25, 0.3) is 0 Å². The first kappa shape index (κ1) is 21.5. The Hall–Kier alpha value is -2.16. The van der Waals surface area contributed by atoms with E-state index < -0.39 is 21.5 Å². The number of halogens is 1. The molecule has 1 N–H and O–H groups in total. The molecule has 0 radical (unpaired) electrons. The number of nitrogens with zero attached hydrogens (tertiary/aromatic N) is 2. The van der Waals surface area contributed by atoms with Crippen molar-refractivity contribution in [2.75, 3.05) is 18.4 Å². The van der Waals surface area contributed by atoms with Gasteiger partial charge in [-0.1, -0.05) is 24.6 Å². The summed E-state index contributed by atoms with van der Waals surface area (Å²) in [6.45, 7) is 4.35. The van der Waals surface area contributed by atoms with Crippen LogP contribution in [0.3, 0.4) is 0 Å². The molecule has 3 rings (SSSR count). The van der Waals surface area contributed by atoms with Crippen molar-refractivity contribution < 1.29 is 13.2 Å². The minimum atomic E-state index is -3.89. The van der Waals surface area contributed by atoms with Gasteiger partial charge in [0.2, 0.25) is 15.9 Å². The number of sulfonamides is 1. The molecule has 1 saturated heterocycles. The van der Waals surface area contributed by atoms with E-state index in [1.165, 1.54) is 22.6 Å². The molecule has 7 nitrogen and oxygen atoms in total. The molecule has 156 valence electrons. The summed E-state index contributed by atoms with van der Waals surface area (Å²) in [6.07, 6.45) is 2.94. The molecule has 1 fully saturated rings. The van der Waals surface area contributed by atoms with Gasteiger partial charge in [0.1, 0.15) is 11.4 Å². The van der Waals surface area contributed by atoms with Crippen molar-refractivity contribution in [3.63, 3.8) is 0 Å². The summed E-state index contributed by atoms with van der Waals surface area (Å²) in [6, 6.07) is 7.90. The molecule has 2 heterocycles. The summed E-state index contributed by atoms with van der Waals surface area (Å²) < 4.78 is 28.3.